The number of nitrogen functional groups attached to an aromatic ring is 1. The summed E-state index contributed by atoms with van der Waals surface area (Å²) in [7, 11) is 1.31. The van der Waals surface area contributed by atoms with E-state index in [2.05, 4.69) is 14.9 Å². The summed E-state index contributed by atoms with van der Waals surface area (Å²) in [5.74, 6) is -0.444. The number of methoxy groups -OCH3 is 1. The fraction of sp³-hybridized carbons (Fsp3) is 0.308. The molecule has 0 saturated carbocycles. The molecule has 2 aromatic rings. The lowest BCUT2D eigenvalue weighted by Crippen LogP contribution is -2.17. The van der Waals surface area contributed by atoms with E-state index in [1.54, 1.807) is 22.8 Å². The number of aromatic amines is 1. The highest BCUT2D eigenvalue weighted by Gasteiger charge is 2.13. The van der Waals surface area contributed by atoms with Crippen LogP contribution in [0.3, 0.4) is 0 Å². The molecule has 0 aliphatic heterocycles. The van der Waals surface area contributed by atoms with E-state index < -0.39 is 5.97 Å². The second-order valence-corrected chi connectivity index (χ2v) is 5.32. The highest BCUT2D eigenvalue weighted by molar-refractivity contribution is 7.99. The van der Waals surface area contributed by atoms with Crippen molar-refractivity contribution >= 4 is 23.4 Å². The number of hydrogen-bond donors (Lipinski definition) is 2. The number of anilines is 1. The third-order valence-corrected chi connectivity index (χ3v) is 3.89. The molecule has 2 rings (SSSR count). The molecular formula is C13H16N4O3S. The van der Waals surface area contributed by atoms with Gasteiger partial charge in [-0.3, -0.25) is 4.57 Å². The van der Waals surface area contributed by atoms with Crippen LogP contribution in [0.15, 0.2) is 33.0 Å². The van der Waals surface area contributed by atoms with Crippen LogP contribution in [0.5, 0.6) is 0 Å². The highest BCUT2D eigenvalue weighted by Crippen LogP contribution is 2.31. The van der Waals surface area contributed by atoms with Gasteiger partial charge in [0.05, 0.1) is 12.7 Å². The summed E-state index contributed by atoms with van der Waals surface area (Å²) in [6.45, 7) is 2.56. The number of carbonyl (C=O) groups excluding carboxylic acids is 1. The van der Waals surface area contributed by atoms with Crippen LogP contribution < -0.4 is 11.4 Å². The normalized spacial score (nSPS) is 10.6. The van der Waals surface area contributed by atoms with Crippen molar-refractivity contribution in [3.8, 4) is 0 Å². The Labute approximate surface area is 125 Å². The maximum absolute atomic E-state index is 11.6. The van der Waals surface area contributed by atoms with Gasteiger partial charge in [0.25, 0.3) is 0 Å². The van der Waals surface area contributed by atoms with Crippen molar-refractivity contribution in [2.24, 2.45) is 0 Å². The molecule has 0 aliphatic carbocycles. The van der Waals surface area contributed by atoms with Gasteiger partial charge >= 0.3 is 11.7 Å². The summed E-state index contributed by atoms with van der Waals surface area (Å²) in [5, 5.41) is 6.95. The van der Waals surface area contributed by atoms with Crippen LogP contribution in [0, 0.1) is 0 Å². The first-order chi connectivity index (χ1) is 10.1. The van der Waals surface area contributed by atoms with E-state index in [4.69, 9.17) is 5.73 Å². The van der Waals surface area contributed by atoms with Gasteiger partial charge in [-0.15, -0.1) is 5.10 Å². The van der Waals surface area contributed by atoms with Gasteiger partial charge in [-0.1, -0.05) is 6.92 Å². The largest absolute Gasteiger partial charge is 0.465 e. The van der Waals surface area contributed by atoms with E-state index in [0.29, 0.717) is 23.0 Å². The Kier molecular flexibility index (Phi) is 4.69. The molecular weight excluding hydrogens is 292 g/mol. The van der Waals surface area contributed by atoms with E-state index in [0.717, 1.165) is 11.3 Å². The van der Waals surface area contributed by atoms with Crippen molar-refractivity contribution in [1.82, 2.24) is 14.8 Å². The molecule has 0 amide bonds. The van der Waals surface area contributed by atoms with Gasteiger partial charge in [-0.05, 0) is 36.4 Å². The first-order valence-electron chi connectivity index (χ1n) is 6.37. The number of hydrogen-bond acceptors (Lipinski definition) is 6. The van der Waals surface area contributed by atoms with Crippen molar-refractivity contribution in [2.45, 2.75) is 29.9 Å². The quantitative estimate of drug-likeness (QED) is 0.641. The predicted octanol–water partition coefficient (Wildman–Crippen LogP) is 1.50. The van der Waals surface area contributed by atoms with Gasteiger partial charge < -0.3 is 10.5 Å². The summed E-state index contributed by atoms with van der Waals surface area (Å²) in [5.41, 5.74) is 6.51. The molecule has 7 nitrogen and oxygen atoms in total. The molecule has 21 heavy (non-hydrogen) atoms. The molecule has 0 radical (unpaired) electrons. The number of H-pyrrole nitrogens is 1. The van der Waals surface area contributed by atoms with E-state index in [-0.39, 0.29) is 5.69 Å². The monoisotopic (exact) mass is 308 g/mol. The maximum Gasteiger partial charge on any atom is 0.343 e. The Balaban J connectivity index is 2.28. The minimum Gasteiger partial charge on any atom is -0.465 e. The molecule has 1 heterocycles. The molecule has 0 unspecified atom stereocenters. The fourth-order valence-corrected chi connectivity index (χ4v) is 2.67. The molecule has 0 aliphatic rings. The predicted molar refractivity (Wildman–Crippen MR) is 79.5 cm³/mol. The van der Waals surface area contributed by atoms with Crippen molar-refractivity contribution in [3.63, 3.8) is 0 Å². The number of ether oxygens (including phenoxy) is 1. The summed E-state index contributed by atoms with van der Waals surface area (Å²) >= 11 is 1.27. The molecule has 0 spiro atoms. The van der Waals surface area contributed by atoms with Gasteiger partial charge in [0, 0.05) is 17.1 Å². The summed E-state index contributed by atoms with van der Waals surface area (Å²) in [4.78, 5) is 23.8. The molecule has 3 N–H and O–H groups in total. The average Bonchev–Trinajstić information content (AvgIpc) is 2.82. The van der Waals surface area contributed by atoms with Crippen LogP contribution >= 0.6 is 11.8 Å². The Hall–Kier alpha value is -2.22. The molecule has 0 saturated heterocycles. The Bertz CT molecular complexity index is 708. The molecule has 1 aromatic heterocycles. The zero-order valence-electron chi connectivity index (χ0n) is 11.8. The number of nitrogens with two attached hydrogens (primary N) is 1. The lowest BCUT2D eigenvalue weighted by molar-refractivity contribution is 0.0600. The van der Waals surface area contributed by atoms with E-state index in [9.17, 15) is 9.59 Å². The first kappa shape index (κ1) is 15.2. The maximum atomic E-state index is 11.6. The van der Waals surface area contributed by atoms with Gasteiger partial charge in [-0.2, -0.15) is 0 Å². The topological polar surface area (TPSA) is 103 Å². The Morgan fingerprint density at radius 1 is 1.52 bits per heavy atom. The molecule has 0 atom stereocenters. The van der Waals surface area contributed by atoms with E-state index >= 15 is 0 Å². The third kappa shape index (κ3) is 3.27. The molecule has 0 bridgehead atoms. The number of nitrogens with one attached hydrogen (secondary N) is 1. The van der Waals surface area contributed by atoms with Crippen molar-refractivity contribution < 1.29 is 9.53 Å². The zero-order chi connectivity index (χ0) is 15.4. The van der Waals surface area contributed by atoms with E-state index in [1.165, 1.54) is 18.9 Å². The molecule has 8 heteroatoms. The summed E-state index contributed by atoms with van der Waals surface area (Å²) < 4.78 is 6.19. The van der Waals surface area contributed by atoms with Crippen LogP contribution in [0.25, 0.3) is 0 Å². The van der Waals surface area contributed by atoms with Crippen LogP contribution in [0.4, 0.5) is 5.69 Å². The molecule has 0 fully saturated rings. The van der Waals surface area contributed by atoms with Crippen LogP contribution in [0.2, 0.25) is 0 Å². The smallest absolute Gasteiger partial charge is 0.343 e. The van der Waals surface area contributed by atoms with Gasteiger partial charge in [-0.25, -0.2) is 14.7 Å². The average molecular weight is 308 g/mol. The van der Waals surface area contributed by atoms with Crippen LogP contribution in [0.1, 0.15) is 23.7 Å². The summed E-state index contributed by atoms with van der Waals surface area (Å²) in [6, 6.07) is 4.88. The fourth-order valence-electron chi connectivity index (χ4n) is 1.79. The molecule has 1 aromatic carbocycles. The van der Waals surface area contributed by atoms with Gasteiger partial charge in [0.2, 0.25) is 0 Å². The second-order valence-electron chi connectivity index (χ2n) is 4.31. The van der Waals surface area contributed by atoms with Crippen molar-refractivity contribution in [1.29, 1.82) is 0 Å². The number of nitrogens with zero attached hydrogens (tertiary/aromatic N) is 2. The van der Waals surface area contributed by atoms with Gasteiger partial charge in [0.1, 0.15) is 0 Å². The highest BCUT2D eigenvalue weighted by atomic mass is 32.2. The Morgan fingerprint density at radius 3 is 2.90 bits per heavy atom. The standard InChI is InChI=1S/C13H16N4O3S/c1-3-6-17-12(19)15-16-13(17)21-10-5-4-8(7-9(10)14)11(18)20-2/h4-5,7H,3,6,14H2,1-2H3,(H,15,19). The minimum atomic E-state index is -0.444. The van der Waals surface area contributed by atoms with Crippen molar-refractivity contribution in [2.75, 3.05) is 12.8 Å². The Morgan fingerprint density at radius 2 is 2.29 bits per heavy atom. The first-order valence-corrected chi connectivity index (χ1v) is 7.19. The number of carbonyl (C=O) groups is 1. The number of aromatic nitrogens is 3. The lowest BCUT2D eigenvalue weighted by Gasteiger charge is -2.07. The number of benzene rings is 1. The van der Waals surface area contributed by atoms with Crippen LogP contribution in [-0.4, -0.2) is 27.8 Å². The SMILES string of the molecule is CCCn1c(Sc2ccc(C(=O)OC)cc2N)n[nH]c1=O. The second kappa shape index (κ2) is 6.49. The minimum absolute atomic E-state index is 0.246. The van der Waals surface area contributed by atoms with Gasteiger partial charge in [0.15, 0.2) is 5.16 Å². The van der Waals surface area contributed by atoms with Crippen molar-refractivity contribution in [3.05, 3.63) is 34.2 Å². The third-order valence-electron chi connectivity index (χ3n) is 2.80. The lowest BCUT2D eigenvalue weighted by atomic mass is 10.2. The number of esters is 1. The molecule has 112 valence electrons. The number of rotatable bonds is 5. The summed E-state index contributed by atoms with van der Waals surface area (Å²) in [6.07, 6.45) is 0.823. The van der Waals surface area contributed by atoms with Crippen LogP contribution in [-0.2, 0) is 11.3 Å². The van der Waals surface area contributed by atoms with E-state index in [1.807, 2.05) is 6.92 Å². The zero-order valence-corrected chi connectivity index (χ0v) is 12.6.